The molecular formula is C17H34N2O. The van der Waals surface area contributed by atoms with E-state index in [1.807, 2.05) is 0 Å². The van der Waals surface area contributed by atoms with Gasteiger partial charge < -0.3 is 10.5 Å². The van der Waals surface area contributed by atoms with Gasteiger partial charge in [0.15, 0.2) is 0 Å². The smallest absolute Gasteiger partial charge is 0.0593 e. The van der Waals surface area contributed by atoms with E-state index in [4.69, 9.17) is 10.5 Å². The average Bonchev–Trinajstić information content (AvgIpc) is 3.29. The number of nitrogens with zero attached hydrogens (tertiary/aromatic N) is 1. The summed E-state index contributed by atoms with van der Waals surface area (Å²) in [5.41, 5.74) is 6.40. The van der Waals surface area contributed by atoms with Gasteiger partial charge in [0, 0.05) is 25.2 Å². The molecule has 20 heavy (non-hydrogen) atoms. The van der Waals surface area contributed by atoms with Crippen molar-refractivity contribution in [3.8, 4) is 0 Å². The van der Waals surface area contributed by atoms with Gasteiger partial charge in [0.25, 0.3) is 0 Å². The average molecular weight is 282 g/mol. The maximum atomic E-state index is 6.18. The van der Waals surface area contributed by atoms with Crippen molar-refractivity contribution in [2.24, 2.45) is 17.6 Å². The fourth-order valence-corrected chi connectivity index (χ4v) is 3.59. The highest BCUT2D eigenvalue weighted by Crippen LogP contribution is 2.34. The van der Waals surface area contributed by atoms with E-state index in [1.165, 1.54) is 51.4 Å². The number of likely N-dealkylation sites (N-methyl/N-ethyl adjacent to an activating group) is 1. The molecule has 2 rings (SSSR count). The number of hydrogen-bond donors (Lipinski definition) is 1. The van der Waals surface area contributed by atoms with E-state index < -0.39 is 0 Å². The van der Waals surface area contributed by atoms with Gasteiger partial charge in [0.1, 0.15) is 0 Å². The normalized spacial score (nSPS) is 31.5. The molecule has 0 aromatic heterocycles. The van der Waals surface area contributed by atoms with Gasteiger partial charge in [-0.05, 0) is 51.0 Å². The molecule has 2 fully saturated rings. The Morgan fingerprint density at radius 2 is 1.95 bits per heavy atom. The first-order valence-electron chi connectivity index (χ1n) is 8.69. The van der Waals surface area contributed by atoms with Crippen molar-refractivity contribution in [1.29, 1.82) is 0 Å². The van der Waals surface area contributed by atoms with Crippen LogP contribution >= 0.6 is 0 Å². The van der Waals surface area contributed by atoms with Gasteiger partial charge in [-0.3, -0.25) is 4.90 Å². The van der Waals surface area contributed by atoms with E-state index in [2.05, 4.69) is 18.9 Å². The van der Waals surface area contributed by atoms with Crippen LogP contribution in [-0.2, 0) is 4.74 Å². The summed E-state index contributed by atoms with van der Waals surface area (Å²) >= 11 is 0. The SMILES string of the molecule is CCC1CCCC(CN)(N(C)CCOCC2CC2)CC1. The molecule has 0 spiro atoms. The summed E-state index contributed by atoms with van der Waals surface area (Å²) in [4.78, 5) is 2.50. The molecule has 0 amide bonds. The fraction of sp³-hybridized carbons (Fsp3) is 1.00. The molecule has 3 heteroatoms. The Kier molecular flexibility index (Phi) is 6.31. The van der Waals surface area contributed by atoms with Gasteiger partial charge in [-0.1, -0.05) is 26.2 Å². The van der Waals surface area contributed by atoms with E-state index in [1.54, 1.807) is 0 Å². The molecule has 0 bridgehead atoms. The Hall–Kier alpha value is -0.120. The summed E-state index contributed by atoms with van der Waals surface area (Å²) in [6, 6.07) is 0. The van der Waals surface area contributed by atoms with Crippen LogP contribution in [0.1, 0.15) is 58.3 Å². The molecule has 0 heterocycles. The Morgan fingerprint density at radius 1 is 1.15 bits per heavy atom. The van der Waals surface area contributed by atoms with Crippen molar-refractivity contribution in [3.63, 3.8) is 0 Å². The van der Waals surface area contributed by atoms with Crippen molar-refractivity contribution < 1.29 is 4.74 Å². The highest BCUT2D eigenvalue weighted by molar-refractivity contribution is 4.93. The summed E-state index contributed by atoms with van der Waals surface area (Å²) in [5.74, 6) is 1.79. The van der Waals surface area contributed by atoms with Gasteiger partial charge in [-0.2, -0.15) is 0 Å². The Labute approximate surface area is 125 Å². The second-order valence-electron chi connectivity index (χ2n) is 7.07. The second kappa shape index (κ2) is 7.77. The first-order chi connectivity index (χ1) is 9.70. The van der Waals surface area contributed by atoms with Gasteiger partial charge in [-0.15, -0.1) is 0 Å². The minimum Gasteiger partial charge on any atom is -0.380 e. The van der Waals surface area contributed by atoms with Gasteiger partial charge >= 0.3 is 0 Å². The molecule has 0 saturated heterocycles. The predicted molar refractivity (Wildman–Crippen MR) is 84.8 cm³/mol. The molecule has 2 saturated carbocycles. The lowest BCUT2D eigenvalue weighted by atomic mass is 9.87. The summed E-state index contributed by atoms with van der Waals surface area (Å²) in [6.45, 7) is 5.99. The lowest BCUT2D eigenvalue weighted by Crippen LogP contribution is -2.52. The van der Waals surface area contributed by atoms with Crippen molar-refractivity contribution >= 4 is 0 Å². The van der Waals surface area contributed by atoms with Crippen molar-refractivity contribution in [3.05, 3.63) is 0 Å². The predicted octanol–water partition coefficient (Wildman–Crippen LogP) is 3.03. The van der Waals surface area contributed by atoms with E-state index in [0.29, 0.717) is 0 Å². The van der Waals surface area contributed by atoms with Crippen LogP contribution in [0.4, 0.5) is 0 Å². The summed E-state index contributed by atoms with van der Waals surface area (Å²) in [7, 11) is 2.25. The third-order valence-corrected chi connectivity index (χ3v) is 5.66. The third-order valence-electron chi connectivity index (χ3n) is 5.66. The number of ether oxygens (including phenoxy) is 1. The summed E-state index contributed by atoms with van der Waals surface area (Å²) < 4.78 is 5.80. The molecular weight excluding hydrogens is 248 g/mol. The topological polar surface area (TPSA) is 38.5 Å². The van der Waals surface area contributed by atoms with Crippen LogP contribution in [0.2, 0.25) is 0 Å². The molecule has 2 atom stereocenters. The van der Waals surface area contributed by atoms with E-state index in [0.717, 1.165) is 38.1 Å². The number of hydrogen-bond acceptors (Lipinski definition) is 3. The fourth-order valence-electron chi connectivity index (χ4n) is 3.59. The number of rotatable bonds is 8. The second-order valence-corrected chi connectivity index (χ2v) is 7.07. The van der Waals surface area contributed by atoms with Gasteiger partial charge in [-0.25, -0.2) is 0 Å². The van der Waals surface area contributed by atoms with Crippen LogP contribution in [0.5, 0.6) is 0 Å². The number of nitrogens with two attached hydrogens (primary N) is 1. The molecule has 2 N–H and O–H groups in total. The third kappa shape index (κ3) is 4.44. The maximum absolute atomic E-state index is 6.18. The van der Waals surface area contributed by atoms with Gasteiger partial charge in [0.05, 0.1) is 6.61 Å². The van der Waals surface area contributed by atoms with Crippen LogP contribution < -0.4 is 5.73 Å². The van der Waals surface area contributed by atoms with Crippen LogP contribution in [0.25, 0.3) is 0 Å². The van der Waals surface area contributed by atoms with Crippen molar-refractivity contribution in [1.82, 2.24) is 4.90 Å². The monoisotopic (exact) mass is 282 g/mol. The molecule has 0 aliphatic heterocycles. The Balaban J connectivity index is 1.77. The maximum Gasteiger partial charge on any atom is 0.0593 e. The zero-order valence-electron chi connectivity index (χ0n) is 13.6. The van der Waals surface area contributed by atoms with Crippen molar-refractivity contribution in [2.75, 3.05) is 33.4 Å². The van der Waals surface area contributed by atoms with E-state index >= 15 is 0 Å². The van der Waals surface area contributed by atoms with Crippen molar-refractivity contribution in [2.45, 2.75) is 63.8 Å². The highest BCUT2D eigenvalue weighted by atomic mass is 16.5. The zero-order valence-corrected chi connectivity index (χ0v) is 13.6. The van der Waals surface area contributed by atoms with Crippen LogP contribution in [0.15, 0.2) is 0 Å². The molecule has 2 aliphatic carbocycles. The molecule has 2 aliphatic rings. The quantitative estimate of drug-likeness (QED) is 0.549. The van der Waals surface area contributed by atoms with Crippen LogP contribution in [-0.4, -0.2) is 43.8 Å². The van der Waals surface area contributed by atoms with Gasteiger partial charge in [0.2, 0.25) is 0 Å². The minimum absolute atomic E-state index is 0.229. The Bertz CT molecular complexity index is 280. The zero-order chi connectivity index (χ0) is 14.4. The molecule has 118 valence electrons. The molecule has 0 radical (unpaired) electrons. The van der Waals surface area contributed by atoms with E-state index in [9.17, 15) is 0 Å². The van der Waals surface area contributed by atoms with E-state index in [-0.39, 0.29) is 5.54 Å². The molecule has 3 nitrogen and oxygen atoms in total. The van der Waals surface area contributed by atoms with Crippen LogP contribution in [0, 0.1) is 11.8 Å². The first kappa shape index (κ1) is 16.3. The standard InChI is InChI=1S/C17H34N2O/c1-3-15-5-4-9-17(14-18,10-8-15)19(2)11-12-20-13-16-6-7-16/h15-16H,3-14,18H2,1-2H3. The molecule has 0 aromatic carbocycles. The van der Waals surface area contributed by atoms with Crippen LogP contribution in [0.3, 0.4) is 0 Å². The Morgan fingerprint density at radius 3 is 2.60 bits per heavy atom. The summed E-state index contributed by atoms with van der Waals surface area (Å²) in [5, 5.41) is 0. The molecule has 2 unspecified atom stereocenters. The molecule has 0 aromatic rings. The lowest BCUT2D eigenvalue weighted by molar-refractivity contribution is 0.0506. The largest absolute Gasteiger partial charge is 0.380 e. The highest BCUT2D eigenvalue weighted by Gasteiger charge is 2.35. The minimum atomic E-state index is 0.229. The summed E-state index contributed by atoms with van der Waals surface area (Å²) in [6.07, 6.45) is 10.7. The first-order valence-corrected chi connectivity index (χ1v) is 8.69. The lowest BCUT2D eigenvalue weighted by Gasteiger charge is -2.41.